The van der Waals surface area contributed by atoms with E-state index in [0.29, 0.717) is 6.54 Å². The zero-order valence-corrected chi connectivity index (χ0v) is 4.28. The Hall–Kier alpha value is -1.10. The predicted molar refractivity (Wildman–Crippen MR) is 31.0 cm³/mol. The van der Waals surface area contributed by atoms with Crippen molar-refractivity contribution in [3.05, 3.63) is 0 Å². The van der Waals surface area contributed by atoms with Crippen LogP contribution in [-0.2, 0) is 0 Å². The van der Waals surface area contributed by atoms with E-state index < -0.39 is 0 Å². The third-order valence-electron chi connectivity index (χ3n) is 0.723. The SMILES string of the molecule is NC1=NN(N)CC=N1. The quantitative estimate of drug-likeness (QED) is 0.374. The molecule has 0 spiro atoms. The number of rotatable bonds is 0. The average Bonchev–Trinajstić information content (AvgIpc) is 1.64. The minimum absolute atomic E-state index is 0.207. The van der Waals surface area contributed by atoms with Crippen LogP contribution in [0.15, 0.2) is 10.1 Å². The van der Waals surface area contributed by atoms with E-state index in [4.69, 9.17) is 11.6 Å². The van der Waals surface area contributed by atoms with Gasteiger partial charge in [0.2, 0.25) is 5.96 Å². The molecule has 0 bridgehead atoms. The number of guanidine groups is 1. The minimum Gasteiger partial charge on any atom is -0.367 e. The predicted octanol–water partition coefficient (Wildman–Crippen LogP) is -1.52. The monoisotopic (exact) mass is 113 g/mol. The number of nitrogens with zero attached hydrogens (tertiary/aromatic N) is 3. The molecular formula is C3H7N5. The van der Waals surface area contributed by atoms with Crippen molar-refractivity contribution in [3.63, 3.8) is 0 Å². The zero-order chi connectivity index (χ0) is 5.98. The summed E-state index contributed by atoms with van der Waals surface area (Å²) in [4.78, 5) is 3.66. The van der Waals surface area contributed by atoms with Gasteiger partial charge in [0.25, 0.3) is 0 Å². The molecule has 1 aliphatic heterocycles. The minimum atomic E-state index is 0.207. The van der Waals surface area contributed by atoms with Crippen LogP contribution in [0.5, 0.6) is 0 Å². The molecule has 1 heterocycles. The molecule has 0 atom stereocenters. The van der Waals surface area contributed by atoms with E-state index in [1.54, 1.807) is 6.21 Å². The number of aliphatic imine (C=N–C) groups is 1. The third kappa shape index (κ3) is 0.941. The van der Waals surface area contributed by atoms with E-state index in [1.165, 1.54) is 5.12 Å². The van der Waals surface area contributed by atoms with Gasteiger partial charge in [0.15, 0.2) is 0 Å². The second-order valence-corrected chi connectivity index (χ2v) is 1.39. The summed E-state index contributed by atoms with van der Waals surface area (Å²) >= 11 is 0. The first-order valence-electron chi connectivity index (χ1n) is 2.18. The number of hydrazone groups is 1. The smallest absolute Gasteiger partial charge is 0.238 e. The zero-order valence-electron chi connectivity index (χ0n) is 4.28. The first kappa shape index (κ1) is 5.04. The molecule has 0 saturated heterocycles. The highest BCUT2D eigenvalue weighted by atomic mass is 15.6. The first-order valence-corrected chi connectivity index (χ1v) is 2.18. The molecule has 1 aliphatic rings. The Balaban J connectivity index is 2.63. The van der Waals surface area contributed by atoms with Crippen LogP contribution in [-0.4, -0.2) is 23.8 Å². The van der Waals surface area contributed by atoms with Gasteiger partial charge in [0.05, 0.1) is 6.54 Å². The standard InChI is InChI=1S/C3H7N5/c4-3-6-1-2-8(5)7-3/h1H,2,5H2,(H2,4,7). The fourth-order valence-electron chi connectivity index (χ4n) is 0.416. The molecule has 8 heavy (non-hydrogen) atoms. The van der Waals surface area contributed by atoms with E-state index >= 15 is 0 Å². The normalized spacial score (nSPS) is 18.6. The largest absolute Gasteiger partial charge is 0.367 e. The van der Waals surface area contributed by atoms with Crippen LogP contribution >= 0.6 is 0 Å². The average molecular weight is 113 g/mol. The van der Waals surface area contributed by atoms with Gasteiger partial charge in [-0.15, -0.1) is 5.10 Å². The van der Waals surface area contributed by atoms with Gasteiger partial charge < -0.3 is 5.73 Å². The molecule has 0 aromatic heterocycles. The van der Waals surface area contributed by atoms with Gasteiger partial charge in [-0.25, -0.2) is 16.0 Å². The van der Waals surface area contributed by atoms with Crippen molar-refractivity contribution in [3.8, 4) is 0 Å². The summed E-state index contributed by atoms with van der Waals surface area (Å²) < 4.78 is 0. The Morgan fingerprint density at radius 1 is 1.75 bits per heavy atom. The summed E-state index contributed by atoms with van der Waals surface area (Å²) in [5.74, 6) is 5.41. The van der Waals surface area contributed by atoms with Gasteiger partial charge in [-0.2, -0.15) is 0 Å². The van der Waals surface area contributed by atoms with Crippen LogP contribution in [0.4, 0.5) is 0 Å². The fraction of sp³-hybridized carbons (Fsp3) is 0.333. The number of hydrazine groups is 1. The maximum absolute atomic E-state index is 5.20. The van der Waals surface area contributed by atoms with Crippen molar-refractivity contribution in [2.45, 2.75) is 0 Å². The lowest BCUT2D eigenvalue weighted by Crippen LogP contribution is -2.33. The number of nitrogens with two attached hydrogens (primary N) is 2. The molecule has 0 aliphatic carbocycles. The Labute approximate surface area is 46.6 Å². The molecule has 44 valence electrons. The molecule has 0 amide bonds. The fourth-order valence-corrected chi connectivity index (χ4v) is 0.416. The second-order valence-electron chi connectivity index (χ2n) is 1.39. The van der Waals surface area contributed by atoms with Gasteiger partial charge in [0.1, 0.15) is 0 Å². The molecule has 5 heteroatoms. The summed E-state index contributed by atoms with van der Waals surface area (Å²) in [6.45, 7) is 0.528. The summed E-state index contributed by atoms with van der Waals surface area (Å²) in [6.07, 6.45) is 1.60. The highest BCUT2D eigenvalue weighted by molar-refractivity contribution is 5.87. The molecule has 0 unspecified atom stereocenters. The van der Waals surface area contributed by atoms with Gasteiger partial charge in [0, 0.05) is 6.21 Å². The van der Waals surface area contributed by atoms with Crippen molar-refractivity contribution >= 4 is 12.2 Å². The Kier molecular flexibility index (Phi) is 1.13. The maximum Gasteiger partial charge on any atom is 0.238 e. The topological polar surface area (TPSA) is 80.0 Å². The van der Waals surface area contributed by atoms with E-state index in [2.05, 4.69) is 10.1 Å². The molecule has 4 N–H and O–H groups in total. The van der Waals surface area contributed by atoms with Crippen molar-refractivity contribution < 1.29 is 0 Å². The lowest BCUT2D eigenvalue weighted by Gasteiger charge is -2.11. The number of hydrogen-bond acceptors (Lipinski definition) is 5. The van der Waals surface area contributed by atoms with Crippen molar-refractivity contribution in [2.24, 2.45) is 21.7 Å². The van der Waals surface area contributed by atoms with Crippen molar-refractivity contribution in [2.75, 3.05) is 6.54 Å². The van der Waals surface area contributed by atoms with Crippen LogP contribution in [0, 0.1) is 0 Å². The van der Waals surface area contributed by atoms with Gasteiger partial charge in [-0.05, 0) is 0 Å². The summed E-state index contributed by atoms with van der Waals surface area (Å²) in [5.41, 5.74) is 5.16. The summed E-state index contributed by atoms with van der Waals surface area (Å²) in [6, 6.07) is 0. The van der Waals surface area contributed by atoms with Crippen molar-refractivity contribution in [1.82, 2.24) is 5.12 Å². The lowest BCUT2D eigenvalue weighted by molar-refractivity contribution is 0.342. The lowest BCUT2D eigenvalue weighted by atomic mass is 10.7. The molecular weight excluding hydrogens is 106 g/mol. The molecule has 1 rings (SSSR count). The molecule has 0 fully saturated rings. The van der Waals surface area contributed by atoms with Gasteiger partial charge in [-0.3, -0.25) is 0 Å². The van der Waals surface area contributed by atoms with E-state index in [0.717, 1.165) is 0 Å². The molecule has 0 aromatic rings. The van der Waals surface area contributed by atoms with Crippen LogP contribution in [0.2, 0.25) is 0 Å². The maximum atomic E-state index is 5.20. The highest BCUT2D eigenvalue weighted by Gasteiger charge is 1.97. The van der Waals surface area contributed by atoms with E-state index in [9.17, 15) is 0 Å². The van der Waals surface area contributed by atoms with E-state index in [-0.39, 0.29) is 5.96 Å². The molecule has 0 saturated carbocycles. The van der Waals surface area contributed by atoms with Crippen LogP contribution < -0.4 is 11.6 Å². The van der Waals surface area contributed by atoms with Crippen LogP contribution in [0.3, 0.4) is 0 Å². The third-order valence-corrected chi connectivity index (χ3v) is 0.723. The Morgan fingerprint density at radius 2 is 2.50 bits per heavy atom. The first-order chi connectivity index (χ1) is 3.79. The van der Waals surface area contributed by atoms with Crippen LogP contribution in [0.1, 0.15) is 0 Å². The van der Waals surface area contributed by atoms with Gasteiger partial charge in [-0.1, -0.05) is 0 Å². The second kappa shape index (κ2) is 1.79. The number of hydrogen-bond donors (Lipinski definition) is 2. The van der Waals surface area contributed by atoms with Crippen LogP contribution in [0.25, 0.3) is 0 Å². The summed E-state index contributed by atoms with van der Waals surface area (Å²) in [5, 5.41) is 4.81. The summed E-state index contributed by atoms with van der Waals surface area (Å²) in [7, 11) is 0. The molecule has 0 aromatic carbocycles. The van der Waals surface area contributed by atoms with Gasteiger partial charge >= 0.3 is 0 Å². The Bertz CT molecular complexity index is 137. The Morgan fingerprint density at radius 3 is 2.88 bits per heavy atom. The van der Waals surface area contributed by atoms with E-state index in [1.807, 2.05) is 0 Å². The van der Waals surface area contributed by atoms with Crippen molar-refractivity contribution in [1.29, 1.82) is 0 Å². The highest BCUT2D eigenvalue weighted by Crippen LogP contribution is 1.83. The molecule has 0 radical (unpaired) electrons. The molecule has 5 nitrogen and oxygen atoms in total.